The van der Waals surface area contributed by atoms with Crippen molar-refractivity contribution >= 4 is 23.6 Å². The first-order chi connectivity index (χ1) is 14.2. The van der Waals surface area contributed by atoms with E-state index in [0.29, 0.717) is 18.7 Å². The van der Waals surface area contributed by atoms with Crippen molar-refractivity contribution in [3.63, 3.8) is 0 Å². The lowest BCUT2D eigenvalue weighted by atomic mass is 9.94. The van der Waals surface area contributed by atoms with E-state index >= 15 is 0 Å². The Labute approximate surface area is 176 Å². The van der Waals surface area contributed by atoms with Gasteiger partial charge in [0.05, 0.1) is 11.9 Å². The molecule has 1 fully saturated rings. The Bertz CT molecular complexity index is 1080. The largest absolute Gasteiger partial charge is 0.503 e. The van der Waals surface area contributed by atoms with E-state index in [9.17, 15) is 23.9 Å². The fourth-order valence-electron chi connectivity index (χ4n) is 3.74. The molecule has 158 valence electrons. The number of pyridine rings is 1. The number of benzene rings is 1. The highest BCUT2D eigenvalue weighted by molar-refractivity contribution is 7.99. The summed E-state index contributed by atoms with van der Waals surface area (Å²) in [5.41, 5.74) is -0.590. The second-order valence-electron chi connectivity index (χ2n) is 8.39. The number of hydrogen-bond donors (Lipinski definition) is 2. The molecule has 7 nitrogen and oxygen atoms in total. The van der Waals surface area contributed by atoms with E-state index in [4.69, 9.17) is 0 Å². The van der Waals surface area contributed by atoms with Crippen molar-refractivity contribution in [2.24, 2.45) is 5.41 Å². The van der Waals surface area contributed by atoms with Crippen molar-refractivity contribution in [2.45, 2.75) is 32.3 Å². The highest BCUT2D eigenvalue weighted by Crippen LogP contribution is 2.38. The van der Waals surface area contributed by atoms with E-state index < -0.39 is 23.0 Å². The molecule has 3 heterocycles. The summed E-state index contributed by atoms with van der Waals surface area (Å²) >= 11 is 1.65. The quantitative estimate of drug-likeness (QED) is 0.777. The van der Waals surface area contributed by atoms with Crippen LogP contribution >= 0.6 is 11.8 Å². The van der Waals surface area contributed by atoms with Crippen molar-refractivity contribution in [1.82, 2.24) is 14.8 Å². The van der Waals surface area contributed by atoms with Gasteiger partial charge in [0, 0.05) is 25.0 Å². The number of hydrogen-bond acceptors (Lipinski definition) is 5. The van der Waals surface area contributed by atoms with Gasteiger partial charge in [0.15, 0.2) is 11.4 Å². The summed E-state index contributed by atoms with van der Waals surface area (Å²) in [5, 5.41) is 13.0. The lowest BCUT2D eigenvalue weighted by Gasteiger charge is -2.46. The van der Waals surface area contributed by atoms with Gasteiger partial charge in [0.2, 0.25) is 5.43 Å². The number of amides is 2. The van der Waals surface area contributed by atoms with Crippen LogP contribution in [0.4, 0.5) is 4.39 Å². The van der Waals surface area contributed by atoms with Crippen LogP contribution in [0.2, 0.25) is 0 Å². The number of nitrogens with zero attached hydrogens (tertiary/aromatic N) is 2. The minimum absolute atomic E-state index is 0.0604. The highest BCUT2D eigenvalue weighted by Gasteiger charge is 2.42. The molecule has 2 aromatic rings. The maximum absolute atomic E-state index is 13.0. The van der Waals surface area contributed by atoms with E-state index in [1.54, 1.807) is 16.7 Å². The van der Waals surface area contributed by atoms with Gasteiger partial charge in [-0.05, 0) is 23.1 Å². The summed E-state index contributed by atoms with van der Waals surface area (Å²) in [7, 11) is 0. The summed E-state index contributed by atoms with van der Waals surface area (Å²) in [6, 6.07) is 5.62. The molecule has 0 aliphatic carbocycles. The predicted molar refractivity (Wildman–Crippen MR) is 111 cm³/mol. The summed E-state index contributed by atoms with van der Waals surface area (Å²) in [4.78, 5) is 39.9. The van der Waals surface area contributed by atoms with Gasteiger partial charge in [0.25, 0.3) is 11.8 Å². The normalized spacial score (nSPS) is 19.8. The Balaban J connectivity index is 1.61. The number of aromatic hydroxyl groups is 1. The van der Waals surface area contributed by atoms with Gasteiger partial charge < -0.3 is 19.9 Å². The summed E-state index contributed by atoms with van der Waals surface area (Å²) in [5.74, 6) is -1.28. The van der Waals surface area contributed by atoms with Crippen molar-refractivity contribution in [3.8, 4) is 5.75 Å². The standard InChI is InChI=1S/C21H22FN3O4S/c1-21(2)10-25-15(30-11-21)9-24-8-14(17(26)18(27)16(24)20(25)29)19(28)23-7-12-3-5-13(22)6-4-12/h3-6,8,15,27H,7,9-11H2,1-2H3,(H,23,28). The Hall–Kier alpha value is -2.81. The van der Waals surface area contributed by atoms with Crippen LogP contribution in [0.1, 0.15) is 40.3 Å². The molecule has 30 heavy (non-hydrogen) atoms. The molecule has 2 N–H and O–H groups in total. The molecule has 0 saturated carbocycles. The highest BCUT2D eigenvalue weighted by atomic mass is 32.2. The molecule has 1 atom stereocenters. The number of halogens is 1. The predicted octanol–water partition coefficient (Wildman–Crippen LogP) is 2.18. The first kappa shape index (κ1) is 20.5. The van der Waals surface area contributed by atoms with Gasteiger partial charge in [-0.1, -0.05) is 26.0 Å². The minimum atomic E-state index is -0.881. The molecule has 0 radical (unpaired) electrons. The van der Waals surface area contributed by atoms with Crippen LogP contribution in [-0.2, 0) is 13.1 Å². The molecule has 1 unspecified atom stereocenters. The zero-order valence-corrected chi connectivity index (χ0v) is 17.5. The van der Waals surface area contributed by atoms with Gasteiger partial charge in [-0.3, -0.25) is 14.4 Å². The Morgan fingerprint density at radius 1 is 1.30 bits per heavy atom. The molecule has 9 heteroatoms. The third-order valence-corrected chi connectivity index (χ3v) is 7.03. The van der Waals surface area contributed by atoms with E-state index in [1.165, 1.54) is 35.0 Å². The number of nitrogens with one attached hydrogen (secondary N) is 1. The van der Waals surface area contributed by atoms with Crippen LogP contribution in [0.25, 0.3) is 0 Å². The van der Waals surface area contributed by atoms with Crippen LogP contribution in [0.15, 0.2) is 35.3 Å². The van der Waals surface area contributed by atoms with Gasteiger partial charge in [-0.15, -0.1) is 11.8 Å². The molecule has 2 aliphatic rings. The SMILES string of the molecule is CC1(C)CSC2Cn3cc(C(=O)NCc4ccc(F)cc4)c(=O)c(O)c3C(=O)N2C1. The van der Waals surface area contributed by atoms with E-state index in [-0.39, 0.29) is 34.4 Å². The third kappa shape index (κ3) is 3.69. The van der Waals surface area contributed by atoms with Gasteiger partial charge >= 0.3 is 0 Å². The fourth-order valence-corrected chi connectivity index (χ4v) is 5.09. The number of thioether (sulfide) groups is 1. The number of carbonyl (C=O) groups excluding carboxylic acids is 2. The van der Waals surface area contributed by atoms with Gasteiger partial charge in [-0.25, -0.2) is 4.39 Å². The number of aromatic nitrogens is 1. The van der Waals surface area contributed by atoms with Crippen LogP contribution in [0.3, 0.4) is 0 Å². The number of carbonyl (C=O) groups is 2. The van der Waals surface area contributed by atoms with Crippen molar-refractivity contribution in [3.05, 3.63) is 63.3 Å². The summed E-state index contributed by atoms with van der Waals surface area (Å²) in [6.45, 7) is 5.16. The van der Waals surface area contributed by atoms with E-state index in [1.807, 2.05) is 0 Å². The first-order valence-corrected chi connectivity index (χ1v) is 10.6. The molecule has 1 aromatic heterocycles. The monoisotopic (exact) mass is 431 g/mol. The second-order valence-corrected chi connectivity index (χ2v) is 9.56. The average Bonchev–Trinajstić information content (AvgIpc) is 2.70. The molecular formula is C21H22FN3O4S. The summed E-state index contributed by atoms with van der Waals surface area (Å²) < 4.78 is 14.5. The first-order valence-electron chi connectivity index (χ1n) is 9.58. The molecule has 2 aliphatic heterocycles. The Morgan fingerprint density at radius 2 is 2.00 bits per heavy atom. The van der Waals surface area contributed by atoms with Crippen LogP contribution in [0, 0.1) is 11.2 Å². The third-order valence-electron chi connectivity index (χ3n) is 5.30. The van der Waals surface area contributed by atoms with Crippen molar-refractivity contribution in [1.29, 1.82) is 0 Å². The summed E-state index contributed by atoms with van der Waals surface area (Å²) in [6.07, 6.45) is 1.34. The van der Waals surface area contributed by atoms with Crippen LogP contribution in [-0.4, -0.2) is 44.1 Å². The molecule has 1 saturated heterocycles. The van der Waals surface area contributed by atoms with E-state index in [2.05, 4.69) is 19.2 Å². The second kappa shape index (κ2) is 7.46. The molecule has 4 rings (SSSR count). The maximum Gasteiger partial charge on any atom is 0.275 e. The van der Waals surface area contributed by atoms with Crippen LogP contribution < -0.4 is 10.7 Å². The molecular weight excluding hydrogens is 409 g/mol. The smallest absolute Gasteiger partial charge is 0.275 e. The Morgan fingerprint density at radius 3 is 2.70 bits per heavy atom. The Kier molecular flexibility index (Phi) is 5.09. The van der Waals surface area contributed by atoms with Crippen LogP contribution in [0.5, 0.6) is 5.75 Å². The molecule has 2 amide bonds. The lowest BCUT2D eigenvalue weighted by molar-refractivity contribution is 0.0578. The van der Waals surface area contributed by atoms with E-state index in [0.717, 1.165) is 5.75 Å². The number of fused-ring (bicyclic) bond motifs is 2. The fraction of sp³-hybridized carbons (Fsp3) is 0.381. The maximum atomic E-state index is 13.0. The van der Waals surface area contributed by atoms with Gasteiger partial charge in [-0.2, -0.15) is 0 Å². The topological polar surface area (TPSA) is 91.6 Å². The molecule has 0 spiro atoms. The van der Waals surface area contributed by atoms with Crippen molar-refractivity contribution in [2.75, 3.05) is 12.3 Å². The lowest BCUT2D eigenvalue weighted by Crippen LogP contribution is -2.54. The molecule has 1 aromatic carbocycles. The minimum Gasteiger partial charge on any atom is -0.503 e. The van der Waals surface area contributed by atoms with Gasteiger partial charge in [0.1, 0.15) is 11.4 Å². The number of rotatable bonds is 3. The average molecular weight is 431 g/mol. The zero-order valence-electron chi connectivity index (χ0n) is 16.6. The zero-order chi connectivity index (χ0) is 21.6. The molecule has 0 bridgehead atoms. The van der Waals surface area contributed by atoms with Crippen molar-refractivity contribution < 1.29 is 19.1 Å².